The summed E-state index contributed by atoms with van der Waals surface area (Å²) in [5.41, 5.74) is 10.2. The number of hydrogen-bond donors (Lipinski definition) is 1. The molecule has 7 nitrogen and oxygen atoms in total. The fraction of sp³-hybridized carbons (Fsp3) is 0.280. The van der Waals surface area contributed by atoms with Gasteiger partial charge in [0.25, 0.3) is 0 Å². The fourth-order valence-corrected chi connectivity index (χ4v) is 6.85. The topological polar surface area (TPSA) is 96.1 Å². The molecule has 0 bridgehead atoms. The number of nitrogens with zero attached hydrogens (tertiary/aromatic N) is 6. The number of fused-ring (bicyclic) bond motifs is 2. The van der Waals surface area contributed by atoms with E-state index in [0.29, 0.717) is 26.2 Å². The van der Waals surface area contributed by atoms with Gasteiger partial charge in [-0.2, -0.15) is 5.26 Å². The van der Waals surface area contributed by atoms with Crippen molar-refractivity contribution in [3.05, 3.63) is 75.8 Å². The Balaban J connectivity index is 1.32. The number of anilines is 1. The summed E-state index contributed by atoms with van der Waals surface area (Å²) in [5, 5.41) is 19.5. The SMILES string of the molecule is N#Cc1cc(N2CCC3(CC2)Cc2ncccc2C3N)n2cnnc2c1Sc1cccc(Cl)c1Cl. The van der Waals surface area contributed by atoms with Gasteiger partial charge in [0, 0.05) is 35.9 Å². The summed E-state index contributed by atoms with van der Waals surface area (Å²) in [6.07, 6.45) is 6.36. The Morgan fingerprint density at radius 1 is 1.17 bits per heavy atom. The number of rotatable bonds is 3. The highest BCUT2D eigenvalue weighted by Crippen LogP contribution is 2.50. The maximum atomic E-state index is 10.0. The van der Waals surface area contributed by atoms with Crippen molar-refractivity contribution in [3.8, 4) is 6.07 Å². The lowest BCUT2D eigenvalue weighted by Crippen LogP contribution is -2.44. The maximum Gasteiger partial charge on any atom is 0.177 e. The largest absolute Gasteiger partial charge is 0.358 e. The van der Waals surface area contributed by atoms with Gasteiger partial charge in [-0.15, -0.1) is 10.2 Å². The van der Waals surface area contributed by atoms with Crippen LogP contribution >= 0.6 is 35.0 Å². The molecule has 6 rings (SSSR count). The second kappa shape index (κ2) is 8.68. The second-order valence-electron chi connectivity index (χ2n) is 9.08. The minimum atomic E-state index is -0.000768. The van der Waals surface area contributed by atoms with E-state index in [4.69, 9.17) is 28.9 Å². The van der Waals surface area contributed by atoms with Crippen molar-refractivity contribution in [1.29, 1.82) is 5.26 Å². The molecule has 1 aliphatic carbocycles. The number of hydrogen-bond acceptors (Lipinski definition) is 7. The Kier molecular flexibility index (Phi) is 5.61. The van der Waals surface area contributed by atoms with Crippen molar-refractivity contribution in [3.63, 3.8) is 0 Å². The van der Waals surface area contributed by atoms with Gasteiger partial charge in [0.2, 0.25) is 0 Å². The van der Waals surface area contributed by atoms with Crippen molar-refractivity contribution in [1.82, 2.24) is 19.6 Å². The number of pyridine rings is 2. The van der Waals surface area contributed by atoms with Crippen LogP contribution < -0.4 is 10.6 Å². The number of piperidine rings is 1. The van der Waals surface area contributed by atoms with Crippen LogP contribution in [0.5, 0.6) is 0 Å². The Hall–Kier alpha value is -2.83. The van der Waals surface area contributed by atoms with Gasteiger partial charge in [-0.3, -0.25) is 9.38 Å². The number of halogens is 2. The van der Waals surface area contributed by atoms with Crippen molar-refractivity contribution in [2.45, 2.75) is 35.1 Å². The van der Waals surface area contributed by atoms with E-state index in [9.17, 15) is 5.26 Å². The van der Waals surface area contributed by atoms with Crippen LogP contribution in [0, 0.1) is 16.7 Å². The molecular weight excluding hydrogens is 501 g/mol. The van der Waals surface area contributed by atoms with E-state index in [1.54, 1.807) is 12.4 Å². The molecule has 2 aliphatic rings. The lowest BCUT2D eigenvalue weighted by molar-refractivity contribution is 0.186. The van der Waals surface area contributed by atoms with E-state index in [0.717, 1.165) is 48.8 Å². The predicted molar refractivity (Wildman–Crippen MR) is 137 cm³/mol. The van der Waals surface area contributed by atoms with E-state index in [1.807, 2.05) is 34.9 Å². The van der Waals surface area contributed by atoms with Gasteiger partial charge in [0.15, 0.2) is 5.65 Å². The highest BCUT2D eigenvalue weighted by molar-refractivity contribution is 7.99. The quantitative estimate of drug-likeness (QED) is 0.390. The van der Waals surface area contributed by atoms with Crippen LogP contribution in [0.4, 0.5) is 5.82 Å². The fourth-order valence-electron chi connectivity index (χ4n) is 5.37. The molecule has 1 aliphatic heterocycles. The third-order valence-electron chi connectivity index (χ3n) is 7.29. The van der Waals surface area contributed by atoms with Crippen LogP contribution in [-0.2, 0) is 6.42 Å². The van der Waals surface area contributed by atoms with Crippen LogP contribution in [-0.4, -0.2) is 32.7 Å². The third-order valence-corrected chi connectivity index (χ3v) is 9.39. The molecule has 1 fully saturated rings. The lowest BCUT2D eigenvalue weighted by Gasteiger charge is -2.43. The molecule has 35 heavy (non-hydrogen) atoms. The first-order chi connectivity index (χ1) is 17.0. The Morgan fingerprint density at radius 3 is 2.77 bits per heavy atom. The highest BCUT2D eigenvalue weighted by Gasteiger charge is 2.46. The summed E-state index contributed by atoms with van der Waals surface area (Å²) in [5.74, 6) is 0.903. The first kappa shape index (κ1) is 22.6. The third kappa shape index (κ3) is 3.66. The van der Waals surface area contributed by atoms with Crippen molar-refractivity contribution >= 4 is 46.4 Å². The van der Waals surface area contributed by atoms with Gasteiger partial charge >= 0.3 is 0 Å². The summed E-state index contributed by atoms with van der Waals surface area (Å²) in [4.78, 5) is 8.34. The molecule has 2 N–H and O–H groups in total. The molecule has 0 radical (unpaired) electrons. The molecule has 176 valence electrons. The first-order valence-corrected chi connectivity index (χ1v) is 12.9. The molecule has 4 heterocycles. The number of nitriles is 1. The van der Waals surface area contributed by atoms with Gasteiger partial charge in [-0.05, 0) is 54.5 Å². The Bertz CT molecular complexity index is 1490. The van der Waals surface area contributed by atoms with Crippen LogP contribution in [0.15, 0.2) is 58.7 Å². The average Bonchev–Trinajstić information content (AvgIpc) is 3.47. The average molecular weight is 522 g/mol. The molecular formula is C25H21Cl2N7S. The monoisotopic (exact) mass is 521 g/mol. The number of nitrogens with two attached hydrogens (primary N) is 1. The maximum absolute atomic E-state index is 10.0. The zero-order valence-corrected chi connectivity index (χ0v) is 21.0. The second-order valence-corrected chi connectivity index (χ2v) is 10.9. The molecule has 3 aromatic heterocycles. The van der Waals surface area contributed by atoms with E-state index >= 15 is 0 Å². The minimum Gasteiger partial charge on any atom is -0.358 e. The number of benzene rings is 1. The smallest absolute Gasteiger partial charge is 0.177 e. The predicted octanol–water partition coefficient (Wildman–Crippen LogP) is 5.30. The van der Waals surface area contributed by atoms with Crippen molar-refractivity contribution in [2.75, 3.05) is 18.0 Å². The summed E-state index contributed by atoms with van der Waals surface area (Å²) in [7, 11) is 0. The van der Waals surface area contributed by atoms with Gasteiger partial charge < -0.3 is 10.6 Å². The lowest BCUT2D eigenvalue weighted by atomic mass is 9.73. The van der Waals surface area contributed by atoms with Gasteiger partial charge in [0.05, 0.1) is 20.5 Å². The normalized spacial score (nSPS) is 18.7. The molecule has 1 saturated heterocycles. The molecule has 10 heteroatoms. The minimum absolute atomic E-state index is 0.000768. The standard InChI is InChI=1S/C25H21Cl2N7S/c26-17-4-1-5-19(21(17)27)35-22-15(13-28)11-20(34-14-31-32-24(22)34)33-9-6-25(7-10-33)12-18-16(23(25)29)3-2-8-30-18/h1-5,8,11,14,23H,6-7,9-10,12,29H2. The van der Waals surface area contributed by atoms with E-state index < -0.39 is 0 Å². The van der Waals surface area contributed by atoms with Crippen LogP contribution in [0.2, 0.25) is 10.0 Å². The zero-order valence-electron chi connectivity index (χ0n) is 18.7. The van der Waals surface area contributed by atoms with Gasteiger partial charge in [-0.25, -0.2) is 0 Å². The zero-order chi connectivity index (χ0) is 24.2. The van der Waals surface area contributed by atoms with Gasteiger partial charge in [-0.1, -0.05) is 47.1 Å². The van der Waals surface area contributed by atoms with Crippen LogP contribution in [0.3, 0.4) is 0 Å². The molecule has 1 spiro atoms. The van der Waals surface area contributed by atoms with E-state index in [2.05, 4.69) is 32.2 Å². The molecule has 0 amide bonds. The van der Waals surface area contributed by atoms with Crippen molar-refractivity contribution < 1.29 is 0 Å². The molecule has 1 unspecified atom stereocenters. The summed E-state index contributed by atoms with van der Waals surface area (Å²) >= 11 is 14.0. The van der Waals surface area contributed by atoms with E-state index in [1.165, 1.54) is 17.3 Å². The van der Waals surface area contributed by atoms with Crippen LogP contribution in [0.1, 0.15) is 35.7 Å². The van der Waals surface area contributed by atoms with Gasteiger partial charge in [0.1, 0.15) is 18.2 Å². The summed E-state index contributed by atoms with van der Waals surface area (Å²) in [6, 6.07) is 13.8. The summed E-state index contributed by atoms with van der Waals surface area (Å²) < 4.78 is 1.95. The molecule has 4 aromatic rings. The summed E-state index contributed by atoms with van der Waals surface area (Å²) in [6.45, 7) is 1.65. The first-order valence-electron chi connectivity index (χ1n) is 11.3. The van der Waals surface area contributed by atoms with Crippen molar-refractivity contribution in [2.24, 2.45) is 11.1 Å². The number of aromatic nitrogens is 4. The van der Waals surface area contributed by atoms with Crippen LogP contribution in [0.25, 0.3) is 5.65 Å². The Morgan fingerprint density at radius 2 is 2.00 bits per heavy atom. The molecule has 1 atom stereocenters. The molecule has 1 aromatic carbocycles. The van der Waals surface area contributed by atoms with E-state index in [-0.39, 0.29) is 11.5 Å². The Labute approximate surface area is 216 Å². The highest BCUT2D eigenvalue weighted by atomic mass is 35.5. The molecule has 0 saturated carbocycles.